The molecule has 0 spiro atoms. The van der Waals surface area contributed by atoms with Gasteiger partial charge in [0.1, 0.15) is 0 Å². The predicted octanol–water partition coefficient (Wildman–Crippen LogP) is 0.439. The van der Waals surface area contributed by atoms with Gasteiger partial charge in [0.25, 0.3) is 0 Å². The molecule has 0 aliphatic carbocycles. The number of nitrogens with one attached hydrogen (secondary N) is 1. The Hall–Kier alpha value is -1.44. The molecule has 0 aromatic heterocycles. The molecule has 1 aliphatic rings. The Kier molecular flexibility index (Phi) is 4.42. The topological polar surface area (TPSA) is 92.5 Å². The molecule has 1 amide bonds. The molecule has 1 aromatic rings. The van der Waals surface area contributed by atoms with Gasteiger partial charge in [-0.1, -0.05) is 13.0 Å². The Bertz CT molecular complexity index is 601. The van der Waals surface area contributed by atoms with Crippen LogP contribution in [0.15, 0.2) is 29.2 Å². The maximum absolute atomic E-state index is 12.3. The number of primary sulfonamides is 1. The summed E-state index contributed by atoms with van der Waals surface area (Å²) >= 11 is 0. The fourth-order valence-corrected chi connectivity index (χ4v) is 2.83. The highest BCUT2D eigenvalue weighted by Crippen LogP contribution is 2.23. The van der Waals surface area contributed by atoms with Crippen LogP contribution in [0.2, 0.25) is 0 Å². The SMILES string of the molecule is CCCNC1CCN(c2cccc(S(N)(=O)=O)c2)C1=O. The van der Waals surface area contributed by atoms with Crippen LogP contribution in [0.4, 0.5) is 5.69 Å². The molecule has 2 rings (SSSR count). The zero-order valence-corrected chi connectivity index (χ0v) is 12.2. The van der Waals surface area contributed by atoms with E-state index < -0.39 is 10.0 Å². The molecule has 0 bridgehead atoms. The number of nitrogens with zero attached hydrogens (tertiary/aromatic N) is 1. The summed E-state index contributed by atoms with van der Waals surface area (Å²) in [6.07, 6.45) is 1.68. The van der Waals surface area contributed by atoms with Crippen LogP contribution < -0.4 is 15.4 Å². The Morgan fingerprint density at radius 2 is 2.20 bits per heavy atom. The maximum atomic E-state index is 12.3. The van der Waals surface area contributed by atoms with Gasteiger partial charge in [0.15, 0.2) is 0 Å². The normalized spacial score (nSPS) is 19.6. The standard InChI is InChI=1S/C13H19N3O3S/c1-2-7-15-12-6-8-16(13(12)17)10-4-3-5-11(9-10)20(14,18)19/h3-5,9,12,15H,2,6-8H2,1H3,(H2,14,18,19). The van der Waals surface area contributed by atoms with Gasteiger partial charge in [-0.05, 0) is 37.6 Å². The van der Waals surface area contributed by atoms with Crippen molar-refractivity contribution in [3.63, 3.8) is 0 Å². The second-order valence-corrected chi connectivity index (χ2v) is 6.39. The smallest absolute Gasteiger partial charge is 0.244 e. The molecule has 1 unspecified atom stereocenters. The van der Waals surface area contributed by atoms with Crippen LogP contribution in [0, 0.1) is 0 Å². The summed E-state index contributed by atoms with van der Waals surface area (Å²) in [5.74, 6) is -0.0231. The van der Waals surface area contributed by atoms with E-state index in [0.717, 1.165) is 19.4 Å². The predicted molar refractivity (Wildman–Crippen MR) is 76.9 cm³/mol. The fourth-order valence-electron chi connectivity index (χ4n) is 2.27. The van der Waals surface area contributed by atoms with Gasteiger partial charge in [0, 0.05) is 12.2 Å². The third kappa shape index (κ3) is 3.17. The monoisotopic (exact) mass is 297 g/mol. The van der Waals surface area contributed by atoms with Crippen LogP contribution in [-0.2, 0) is 14.8 Å². The van der Waals surface area contributed by atoms with Crippen molar-refractivity contribution in [2.24, 2.45) is 5.14 Å². The molecule has 7 heteroatoms. The fraction of sp³-hybridized carbons (Fsp3) is 0.462. The molecule has 1 aliphatic heterocycles. The van der Waals surface area contributed by atoms with Crippen molar-refractivity contribution < 1.29 is 13.2 Å². The van der Waals surface area contributed by atoms with Gasteiger partial charge < -0.3 is 10.2 Å². The first kappa shape index (κ1) is 15.0. The first-order chi connectivity index (χ1) is 9.43. The number of sulfonamides is 1. The highest BCUT2D eigenvalue weighted by molar-refractivity contribution is 7.89. The summed E-state index contributed by atoms with van der Waals surface area (Å²) in [6.45, 7) is 3.41. The van der Waals surface area contributed by atoms with Crippen molar-refractivity contribution in [2.45, 2.75) is 30.7 Å². The molecule has 20 heavy (non-hydrogen) atoms. The molecule has 1 saturated heterocycles. The van der Waals surface area contributed by atoms with E-state index in [1.54, 1.807) is 17.0 Å². The van der Waals surface area contributed by atoms with Gasteiger partial charge in [0.05, 0.1) is 10.9 Å². The summed E-state index contributed by atoms with van der Waals surface area (Å²) < 4.78 is 22.7. The molecular formula is C13H19N3O3S. The molecule has 0 saturated carbocycles. The van der Waals surface area contributed by atoms with E-state index in [9.17, 15) is 13.2 Å². The molecule has 1 heterocycles. The van der Waals surface area contributed by atoms with E-state index in [1.165, 1.54) is 12.1 Å². The van der Waals surface area contributed by atoms with Crippen molar-refractivity contribution in [2.75, 3.05) is 18.0 Å². The van der Waals surface area contributed by atoms with Crippen molar-refractivity contribution in [1.29, 1.82) is 0 Å². The maximum Gasteiger partial charge on any atom is 0.244 e. The lowest BCUT2D eigenvalue weighted by Gasteiger charge is -2.17. The zero-order valence-electron chi connectivity index (χ0n) is 11.4. The first-order valence-electron chi connectivity index (χ1n) is 6.61. The van der Waals surface area contributed by atoms with Gasteiger partial charge >= 0.3 is 0 Å². The van der Waals surface area contributed by atoms with E-state index in [0.29, 0.717) is 12.2 Å². The van der Waals surface area contributed by atoms with Crippen molar-refractivity contribution in [3.05, 3.63) is 24.3 Å². The van der Waals surface area contributed by atoms with Crippen LogP contribution in [0.3, 0.4) is 0 Å². The molecule has 3 N–H and O–H groups in total. The number of hydrogen-bond acceptors (Lipinski definition) is 4. The van der Waals surface area contributed by atoms with Gasteiger partial charge in [0.2, 0.25) is 15.9 Å². The second kappa shape index (κ2) is 5.90. The van der Waals surface area contributed by atoms with E-state index in [-0.39, 0.29) is 16.8 Å². The number of rotatable bonds is 5. The average Bonchev–Trinajstić information content (AvgIpc) is 2.77. The number of hydrogen-bond donors (Lipinski definition) is 2. The number of nitrogens with two attached hydrogens (primary N) is 1. The molecule has 1 atom stereocenters. The summed E-state index contributed by atoms with van der Waals surface area (Å²) in [7, 11) is -3.75. The third-order valence-corrected chi connectivity index (χ3v) is 4.22. The highest BCUT2D eigenvalue weighted by Gasteiger charge is 2.32. The largest absolute Gasteiger partial charge is 0.311 e. The van der Waals surface area contributed by atoms with Crippen LogP contribution in [0.1, 0.15) is 19.8 Å². The Balaban J connectivity index is 2.19. The number of benzene rings is 1. The van der Waals surface area contributed by atoms with Crippen molar-refractivity contribution in [3.8, 4) is 0 Å². The Labute approximate surface area is 119 Å². The van der Waals surface area contributed by atoms with Crippen LogP contribution in [0.5, 0.6) is 0 Å². The molecule has 1 fully saturated rings. The molecule has 6 nitrogen and oxygen atoms in total. The highest BCUT2D eigenvalue weighted by atomic mass is 32.2. The number of carbonyl (C=O) groups excluding carboxylic acids is 1. The number of anilines is 1. The van der Waals surface area contributed by atoms with Gasteiger partial charge in [-0.2, -0.15) is 0 Å². The lowest BCUT2D eigenvalue weighted by atomic mass is 10.2. The minimum Gasteiger partial charge on any atom is -0.311 e. The summed E-state index contributed by atoms with van der Waals surface area (Å²) in [5.41, 5.74) is 0.572. The molecular weight excluding hydrogens is 278 g/mol. The minimum absolute atomic E-state index is 0.0211. The van der Waals surface area contributed by atoms with E-state index in [2.05, 4.69) is 5.32 Å². The quantitative estimate of drug-likeness (QED) is 0.825. The van der Waals surface area contributed by atoms with Gasteiger partial charge in [-0.3, -0.25) is 4.79 Å². The van der Waals surface area contributed by atoms with Crippen LogP contribution in [-0.4, -0.2) is 33.5 Å². The summed E-state index contributed by atoms with van der Waals surface area (Å²) in [4.78, 5) is 13.9. The van der Waals surface area contributed by atoms with Gasteiger partial charge in [-0.25, -0.2) is 13.6 Å². The zero-order chi connectivity index (χ0) is 14.8. The summed E-state index contributed by atoms with van der Waals surface area (Å²) in [5, 5.41) is 8.30. The third-order valence-electron chi connectivity index (χ3n) is 3.30. The second-order valence-electron chi connectivity index (χ2n) is 4.83. The van der Waals surface area contributed by atoms with Gasteiger partial charge in [-0.15, -0.1) is 0 Å². The number of amides is 1. The van der Waals surface area contributed by atoms with Crippen molar-refractivity contribution >= 4 is 21.6 Å². The lowest BCUT2D eigenvalue weighted by Crippen LogP contribution is -2.38. The molecule has 110 valence electrons. The first-order valence-corrected chi connectivity index (χ1v) is 8.15. The lowest BCUT2D eigenvalue weighted by molar-refractivity contribution is -0.118. The van der Waals surface area contributed by atoms with Crippen LogP contribution >= 0.6 is 0 Å². The molecule has 1 aromatic carbocycles. The summed E-state index contributed by atoms with van der Waals surface area (Å²) in [6, 6.07) is 5.99. The minimum atomic E-state index is -3.75. The van der Waals surface area contributed by atoms with Crippen LogP contribution in [0.25, 0.3) is 0 Å². The Morgan fingerprint density at radius 3 is 2.85 bits per heavy atom. The average molecular weight is 297 g/mol. The molecule has 0 radical (unpaired) electrons. The van der Waals surface area contributed by atoms with Crippen molar-refractivity contribution in [1.82, 2.24) is 5.32 Å². The Morgan fingerprint density at radius 1 is 1.45 bits per heavy atom. The van der Waals surface area contributed by atoms with E-state index >= 15 is 0 Å². The van der Waals surface area contributed by atoms with E-state index in [1.807, 2.05) is 6.92 Å². The number of carbonyl (C=O) groups is 1. The van der Waals surface area contributed by atoms with E-state index in [4.69, 9.17) is 5.14 Å².